The zero-order valence-electron chi connectivity index (χ0n) is 12.6. The minimum atomic E-state index is 0.386. The Morgan fingerprint density at radius 1 is 1.40 bits per heavy atom. The van der Waals surface area contributed by atoms with Gasteiger partial charge in [-0.1, -0.05) is 25.1 Å². The number of nitrogens with one attached hydrogen (secondary N) is 1. The van der Waals surface area contributed by atoms with Crippen molar-refractivity contribution in [1.29, 1.82) is 0 Å². The van der Waals surface area contributed by atoms with E-state index in [4.69, 9.17) is 4.52 Å². The van der Waals surface area contributed by atoms with Gasteiger partial charge in [-0.3, -0.25) is 4.90 Å². The molecule has 2 aromatic rings. The van der Waals surface area contributed by atoms with Crippen LogP contribution in [-0.4, -0.2) is 23.1 Å². The minimum absolute atomic E-state index is 0.386. The highest BCUT2D eigenvalue weighted by molar-refractivity contribution is 7.10. The molecule has 0 fully saturated rings. The molecule has 0 aliphatic heterocycles. The molecule has 2 rings (SSSR count). The average molecular weight is 293 g/mol. The third-order valence-electron chi connectivity index (χ3n) is 3.32. The second kappa shape index (κ2) is 7.02. The zero-order chi connectivity index (χ0) is 14.5. The van der Waals surface area contributed by atoms with E-state index >= 15 is 0 Å². The summed E-state index contributed by atoms with van der Waals surface area (Å²) < 4.78 is 5.41. The van der Waals surface area contributed by atoms with E-state index in [-0.39, 0.29) is 0 Å². The van der Waals surface area contributed by atoms with Crippen molar-refractivity contribution in [2.45, 2.75) is 45.9 Å². The summed E-state index contributed by atoms with van der Waals surface area (Å²) in [6, 6.07) is 7.14. The predicted octanol–water partition coefficient (Wildman–Crippen LogP) is 3.43. The largest absolute Gasteiger partial charge is 0.360 e. The van der Waals surface area contributed by atoms with Crippen LogP contribution in [0.3, 0.4) is 0 Å². The second-order valence-corrected chi connectivity index (χ2v) is 6.41. The molecule has 0 aliphatic carbocycles. The van der Waals surface area contributed by atoms with Crippen LogP contribution in [0.15, 0.2) is 28.1 Å². The first kappa shape index (κ1) is 15.2. The molecule has 0 amide bonds. The lowest BCUT2D eigenvalue weighted by molar-refractivity contribution is 0.223. The van der Waals surface area contributed by atoms with Crippen LogP contribution in [0.25, 0.3) is 0 Å². The molecular weight excluding hydrogens is 270 g/mol. The Kier molecular flexibility index (Phi) is 5.34. The topological polar surface area (TPSA) is 41.3 Å². The summed E-state index contributed by atoms with van der Waals surface area (Å²) in [5.74, 6) is 0.913. The summed E-state index contributed by atoms with van der Waals surface area (Å²) in [5.41, 5.74) is 0.964. The molecule has 110 valence electrons. The fourth-order valence-corrected chi connectivity index (χ4v) is 2.80. The van der Waals surface area contributed by atoms with Gasteiger partial charge in [-0.25, -0.2) is 0 Å². The van der Waals surface area contributed by atoms with Crippen molar-refractivity contribution in [1.82, 2.24) is 15.4 Å². The Hall–Kier alpha value is -1.17. The van der Waals surface area contributed by atoms with Crippen molar-refractivity contribution in [3.8, 4) is 0 Å². The molecule has 1 unspecified atom stereocenters. The van der Waals surface area contributed by atoms with Gasteiger partial charge >= 0.3 is 0 Å². The van der Waals surface area contributed by atoms with E-state index in [0.29, 0.717) is 12.1 Å². The summed E-state index contributed by atoms with van der Waals surface area (Å²) >= 11 is 1.79. The molecule has 0 aromatic carbocycles. The normalized spacial score (nSPS) is 13.3. The van der Waals surface area contributed by atoms with Crippen molar-refractivity contribution in [3.05, 3.63) is 39.9 Å². The Morgan fingerprint density at radius 3 is 2.85 bits per heavy atom. The maximum absolute atomic E-state index is 5.41. The van der Waals surface area contributed by atoms with Crippen LogP contribution in [0.4, 0.5) is 0 Å². The van der Waals surface area contributed by atoms with Gasteiger partial charge in [0.2, 0.25) is 0 Å². The maximum atomic E-state index is 5.41. The molecule has 1 N–H and O–H groups in total. The van der Waals surface area contributed by atoms with Crippen molar-refractivity contribution in [3.63, 3.8) is 0 Å². The highest BCUT2D eigenvalue weighted by atomic mass is 32.1. The van der Waals surface area contributed by atoms with E-state index in [9.17, 15) is 0 Å². The molecule has 5 heteroatoms. The quantitative estimate of drug-likeness (QED) is 0.849. The molecule has 2 aromatic heterocycles. The first-order valence-electron chi connectivity index (χ1n) is 6.97. The Bertz CT molecular complexity index is 507. The molecule has 0 saturated heterocycles. The van der Waals surface area contributed by atoms with Crippen molar-refractivity contribution < 1.29 is 4.52 Å². The van der Waals surface area contributed by atoms with Crippen LogP contribution in [0.2, 0.25) is 0 Å². The fraction of sp³-hybridized carbons (Fsp3) is 0.533. The summed E-state index contributed by atoms with van der Waals surface area (Å²) in [5, 5.41) is 9.56. The van der Waals surface area contributed by atoms with Crippen LogP contribution in [0, 0.1) is 0 Å². The van der Waals surface area contributed by atoms with Crippen LogP contribution in [0.5, 0.6) is 0 Å². The van der Waals surface area contributed by atoms with E-state index in [1.807, 2.05) is 6.07 Å². The maximum Gasteiger partial charge on any atom is 0.151 e. The van der Waals surface area contributed by atoms with Gasteiger partial charge in [0.15, 0.2) is 5.76 Å². The number of hydrogen-bond donors (Lipinski definition) is 1. The van der Waals surface area contributed by atoms with Crippen LogP contribution in [0.1, 0.15) is 43.1 Å². The summed E-state index contributed by atoms with van der Waals surface area (Å²) in [6.07, 6.45) is 0. The van der Waals surface area contributed by atoms with Gasteiger partial charge in [0.25, 0.3) is 0 Å². The summed E-state index contributed by atoms with van der Waals surface area (Å²) in [7, 11) is 2.11. The van der Waals surface area contributed by atoms with Gasteiger partial charge in [0, 0.05) is 29.6 Å². The van der Waals surface area contributed by atoms with Gasteiger partial charge in [-0.05, 0) is 25.4 Å². The molecular formula is C15H23N3OS. The van der Waals surface area contributed by atoms with Gasteiger partial charge in [-0.2, -0.15) is 0 Å². The predicted molar refractivity (Wildman–Crippen MR) is 82.7 cm³/mol. The molecule has 0 saturated carbocycles. The van der Waals surface area contributed by atoms with Crippen LogP contribution in [-0.2, 0) is 13.1 Å². The SMILES string of the molecule is CC(C)NCc1cc(CN(C)C(C)c2cccs2)on1. The van der Waals surface area contributed by atoms with Gasteiger partial charge in [-0.15, -0.1) is 11.3 Å². The van der Waals surface area contributed by atoms with Crippen molar-refractivity contribution >= 4 is 11.3 Å². The third kappa shape index (κ3) is 4.16. The molecule has 0 bridgehead atoms. The van der Waals surface area contributed by atoms with E-state index in [1.54, 1.807) is 11.3 Å². The number of nitrogens with zero attached hydrogens (tertiary/aromatic N) is 2. The molecule has 1 atom stereocenters. The molecule has 4 nitrogen and oxygen atoms in total. The fourth-order valence-electron chi connectivity index (χ4n) is 1.95. The van der Waals surface area contributed by atoms with Crippen molar-refractivity contribution in [2.75, 3.05) is 7.05 Å². The van der Waals surface area contributed by atoms with E-state index < -0.39 is 0 Å². The van der Waals surface area contributed by atoms with E-state index in [0.717, 1.165) is 24.5 Å². The average Bonchev–Trinajstić information content (AvgIpc) is 3.06. The van der Waals surface area contributed by atoms with E-state index in [2.05, 4.69) is 60.7 Å². The minimum Gasteiger partial charge on any atom is -0.360 e. The molecule has 0 aliphatic rings. The van der Waals surface area contributed by atoms with Gasteiger partial charge in [0.1, 0.15) is 0 Å². The van der Waals surface area contributed by atoms with Crippen LogP contribution < -0.4 is 5.32 Å². The van der Waals surface area contributed by atoms with E-state index in [1.165, 1.54) is 4.88 Å². The number of aromatic nitrogens is 1. The monoisotopic (exact) mass is 293 g/mol. The summed E-state index contributed by atoms with van der Waals surface area (Å²) in [4.78, 5) is 3.64. The Labute approximate surface area is 124 Å². The first-order chi connectivity index (χ1) is 9.56. The lowest BCUT2D eigenvalue weighted by atomic mass is 10.2. The molecule has 20 heavy (non-hydrogen) atoms. The highest BCUT2D eigenvalue weighted by Gasteiger charge is 2.15. The van der Waals surface area contributed by atoms with Gasteiger partial charge in [0.05, 0.1) is 12.2 Å². The Balaban J connectivity index is 1.89. The number of thiophene rings is 1. The molecule has 0 radical (unpaired) electrons. The lowest BCUT2D eigenvalue weighted by Crippen LogP contribution is -2.22. The third-order valence-corrected chi connectivity index (χ3v) is 4.36. The summed E-state index contributed by atoms with van der Waals surface area (Å²) in [6.45, 7) is 7.98. The highest BCUT2D eigenvalue weighted by Crippen LogP contribution is 2.24. The second-order valence-electron chi connectivity index (χ2n) is 5.43. The molecule has 0 spiro atoms. The van der Waals surface area contributed by atoms with Gasteiger partial charge < -0.3 is 9.84 Å². The molecule has 2 heterocycles. The first-order valence-corrected chi connectivity index (χ1v) is 7.85. The standard InChI is InChI=1S/C15H23N3OS/c1-11(2)16-9-13-8-14(19-17-13)10-18(4)12(3)15-6-5-7-20-15/h5-8,11-12,16H,9-10H2,1-4H3. The Morgan fingerprint density at radius 2 is 2.20 bits per heavy atom. The lowest BCUT2D eigenvalue weighted by Gasteiger charge is -2.22. The number of hydrogen-bond acceptors (Lipinski definition) is 5. The van der Waals surface area contributed by atoms with Crippen molar-refractivity contribution in [2.24, 2.45) is 0 Å². The smallest absolute Gasteiger partial charge is 0.151 e. The number of rotatable bonds is 7. The zero-order valence-corrected chi connectivity index (χ0v) is 13.4. The van der Waals surface area contributed by atoms with Crippen LogP contribution >= 0.6 is 11.3 Å².